The Hall–Kier alpha value is -4.19. The molecule has 81 heavy (non-hydrogen) atoms. The van der Waals surface area contributed by atoms with Crippen molar-refractivity contribution in [1.82, 2.24) is 0 Å². The summed E-state index contributed by atoms with van der Waals surface area (Å²) < 4.78 is 16.9. The van der Waals surface area contributed by atoms with Crippen molar-refractivity contribution >= 4 is 17.9 Å². The number of allylic oxidation sites excluding steroid dienone is 20. The van der Waals surface area contributed by atoms with Gasteiger partial charge in [0.2, 0.25) is 0 Å². The van der Waals surface area contributed by atoms with Crippen LogP contribution in [0.25, 0.3) is 0 Å². The maximum atomic E-state index is 12.9. The first kappa shape index (κ1) is 76.8. The van der Waals surface area contributed by atoms with Crippen LogP contribution in [0, 0.1) is 0 Å². The van der Waals surface area contributed by atoms with Crippen LogP contribution in [-0.4, -0.2) is 37.2 Å². The lowest BCUT2D eigenvalue weighted by molar-refractivity contribution is -0.167. The van der Waals surface area contributed by atoms with Crippen molar-refractivity contribution in [1.29, 1.82) is 0 Å². The molecule has 0 fully saturated rings. The van der Waals surface area contributed by atoms with Gasteiger partial charge in [0.15, 0.2) is 6.10 Å². The van der Waals surface area contributed by atoms with Crippen molar-refractivity contribution in [3.8, 4) is 0 Å². The topological polar surface area (TPSA) is 78.9 Å². The molecule has 0 bridgehead atoms. The molecule has 0 rings (SSSR count). The number of unbranched alkanes of at least 4 members (excludes halogenated alkanes) is 30. The molecule has 0 aliphatic heterocycles. The quantitative estimate of drug-likeness (QED) is 0.0261. The molecule has 0 aromatic rings. The highest BCUT2D eigenvalue weighted by molar-refractivity contribution is 5.71. The van der Waals surface area contributed by atoms with Crippen molar-refractivity contribution in [2.75, 3.05) is 13.2 Å². The molecule has 0 aromatic carbocycles. The highest BCUT2D eigenvalue weighted by Crippen LogP contribution is 2.16. The van der Waals surface area contributed by atoms with Crippen LogP contribution in [0.1, 0.15) is 316 Å². The minimum atomic E-state index is -0.799. The molecule has 0 heterocycles. The van der Waals surface area contributed by atoms with Crippen LogP contribution in [0.4, 0.5) is 0 Å². The Morgan fingerprint density at radius 1 is 0.259 bits per heavy atom. The van der Waals surface area contributed by atoms with E-state index in [4.69, 9.17) is 14.2 Å². The van der Waals surface area contributed by atoms with Gasteiger partial charge in [-0.1, -0.05) is 290 Å². The van der Waals surface area contributed by atoms with E-state index in [1.165, 1.54) is 148 Å². The van der Waals surface area contributed by atoms with Crippen molar-refractivity contribution in [2.24, 2.45) is 0 Å². The Bertz CT molecular complexity index is 1670. The molecule has 0 saturated heterocycles. The first-order valence-electron chi connectivity index (χ1n) is 34.0. The molecule has 6 heteroatoms. The number of ether oxygens (including phenoxy) is 3. The van der Waals surface area contributed by atoms with Gasteiger partial charge < -0.3 is 14.2 Å². The second kappa shape index (κ2) is 68.3. The van der Waals surface area contributed by atoms with Gasteiger partial charge in [-0.2, -0.15) is 0 Å². The zero-order chi connectivity index (χ0) is 58.5. The smallest absolute Gasteiger partial charge is 0.306 e. The summed E-state index contributed by atoms with van der Waals surface area (Å²) in [4.78, 5) is 38.4. The highest BCUT2D eigenvalue weighted by atomic mass is 16.6. The van der Waals surface area contributed by atoms with Gasteiger partial charge in [-0.05, 0) is 128 Å². The first-order chi connectivity index (χ1) is 40.0. The molecule has 0 aliphatic carbocycles. The van der Waals surface area contributed by atoms with Crippen molar-refractivity contribution in [3.05, 3.63) is 122 Å². The molecule has 0 amide bonds. The van der Waals surface area contributed by atoms with Gasteiger partial charge in [0.25, 0.3) is 0 Å². The highest BCUT2D eigenvalue weighted by Gasteiger charge is 2.19. The van der Waals surface area contributed by atoms with Crippen LogP contribution >= 0.6 is 0 Å². The Morgan fingerprint density at radius 3 is 0.765 bits per heavy atom. The number of hydrogen-bond donors (Lipinski definition) is 0. The van der Waals surface area contributed by atoms with Crippen molar-refractivity contribution in [2.45, 2.75) is 322 Å². The van der Waals surface area contributed by atoms with Gasteiger partial charge in [-0.3, -0.25) is 14.4 Å². The third-order valence-electron chi connectivity index (χ3n) is 14.4. The van der Waals surface area contributed by atoms with Gasteiger partial charge in [-0.25, -0.2) is 0 Å². The monoisotopic (exact) mass is 1120 g/mol. The lowest BCUT2D eigenvalue weighted by atomic mass is 10.0. The Kier molecular flexibility index (Phi) is 64.8. The van der Waals surface area contributed by atoms with E-state index < -0.39 is 6.10 Å². The van der Waals surface area contributed by atoms with E-state index in [0.717, 1.165) is 128 Å². The van der Waals surface area contributed by atoms with E-state index in [1.807, 2.05) is 0 Å². The van der Waals surface area contributed by atoms with E-state index in [0.29, 0.717) is 19.3 Å². The third-order valence-corrected chi connectivity index (χ3v) is 14.4. The fraction of sp³-hybridized carbons (Fsp3) is 0.693. The second-order valence-corrected chi connectivity index (χ2v) is 22.3. The third kappa shape index (κ3) is 66.5. The van der Waals surface area contributed by atoms with E-state index in [-0.39, 0.29) is 31.1 Å². The number of esters is 3. The van der Waals surface area contributed by atoms with Gasteiger partial charge in [0, 0.05) is 19.3 Å². The zero-order valence-electron chi connectivity index (χ0n) is 53.0. The number of rotatable bonds is 61. The van der Waals surface area contributed by atoms with E-state index in [1.54, 1.807) is 0 Å². The lowest BCUT2D eigenvalue weighted by Gasteiger charge is -2.18. The maximum Gasteiger partial charge on any atom is 0.306 e. The van der Waals surface area contributed by atoms with Gasteiger partial charge in [-0.15, -0.1) is 0 Å². The summed E-state index contributed by atoms with van der Waals surface area (Å²) in [7, 11) is 0. The van der Waals surface area contributed by atoms with E-state index >= 15 is 0 Å². The van der Waals surface area contributed by atoms with E-state index in [9.17, 15) is 14.4 Å². The predicted molar refractivity (Wildman–Crippen MR) is 353 cm³/mol. The van der Waals surface area contributed by atoms with Gasteiger partial charge in [0.1, 0.15) is 13.2 Å². The molecule has 0 spiro atoms. The van der Waals surface area contributed by atoms with Gasteiger partial charge in [0.05, 0.1) is 0 Å². The molecule has 0 N–H and O–H groups in total. The zero-order valence-corrected chi connectivity index (χ0v) is 53.0. The Balaban J connectivity index is 4.32. The van der Waals surface area contributed by atoms with Gasteiger partial charge >= 0.3 is 17.9 Å². The average Bonchev–Trinajstić information content (AvgIpc) is 3.46. The first-order valence-corrected chi connectivity index (χ1v) is 34.0. The fourth-order valence-corrected chi connectivity index (χ4v) is 9.40. The summed E-state index contributed by atoms with van der Waals surface area (Å²) >= 11 is 0. The fourth-order valence-electron chi connectivity index (χ4n) is 9.40. The van der Waals surface area contributed by atoms with E-state index in [2.05, 4.69) is 142 Å². The van der Waals surface area contributed by atoms with Crippen LogP contribution in [0.15, 0.2) is 122 Å². The number of carbonyl (C=O) groups is 3. The number of hydrogen-bond acceptors (Lipinski definition) is 6. The molecule has 0 aromatic heterocycles. The standard InChI is InChI=1S/C75H126O6/c1-4-7-10-13-16-19-22-25-27-29-31-33-35-36-37-38-40-41-43-45-47-50-53-56-59-62-65-68-74(77)80-71-72(70-79-73(76)67-64-61-58-55-52-49-24-21-18-15-12-9-6-3)81-75(78)69-66-63-60-57-54-51-48-46-44-42-39-34-32-30-28-26-23-20-17-14-11-8-5-2/h7,9-10,12,16,18-19,21,23,25-27,30-33,39,42,49,52,72H,4-6,8,11,13-15,17,20,22,24,28-29,34-38,40-41,43-48,50-51,53-71H2,1-3H3/b10-7-,12-9-,19-16-,21-18-,26-23-,27-25-,32-30-,33-31-,42-39-,52-49-. The lowest BCUT2D eigenvalue weighted by Crippen LogP contribution is -2.30. The average molecular weight is 1120 g/mol. The van der Waals surface area contributed by atoms with Crippen LogP contribution in [0.3, 0.4) is 0 Å². The van der Waals surface area contributed by atoms with Crippen molar-refractivity contribution in [3.63, 3.8) is 0 Å². The van der Waals surface area contributed by atoms with Crippen LogP contribution in [0.2, 0.25) is 0 Å². The summed E-state index contributed by atoms with van der Waals surface area (Å²) in [6.45, 7) is 6.39. The largest absolute Gasteiger partial charge is 0.462 e. The summed E-state index contributed by atoms with van der Waals surface area (Å²) in [5, 5.41) is 0. The SMILES string of the molecule is CC/C=C\C/C=C\C/C=C\C/C=C\CCCCCCCCCCCCCCCCC(=O)OCC(COC(=O)CCCCC/C=C\C/C=C\C/C=C\CC)OC(=O)CCCCCCCCCC/C=C\C/C=C\C/C=C\CCCCCCC. The minimum absolute atomic E-state index is 0.0917. The summed E-state index contributed by atoms with van der Waals surface area (Å²) in [6.07, 6.45) is 95.1. The molecular formula is C75H126O6. The second-order valence-electron chi connectivity index (χ2n) is 22.3. The summed E-state index contributed by atoms with van der Waals surface area (Å²) in [6, 6.07) is 0. The molecule has 1 unspecified atom stereocenters. The van der Waals surface area contributed by atoms with Crippen molar-refractivity contribution < 1.29 is 28.6 Å². The van der Waals surface area contributed by atoms with Crippen LogP contribution in [-0.2, 0) is 28.6 Å². The molecule has 0 saturated carbocycles. The minimum Gasteiger partial charge on any atom is -0.462 e. The molecular weight excluding hydrogens is 997 g/mol. The van der Waals surface area contributed by atoms with Crippen LogP contribution < -0.4 is 0 Å². The summed E-state index contributed by atoms with van der Waals surface area (Å²) in [5.74, 6) is -0.922. The molecule has 0 aliphatic rings. The molecule has 462 valence electrons. The molecule has 1 atom stereocenters. The number of carbonyl (C=O) groups excluding carboxylic acids is 3. The normalized spacial score (nSPS) is 12.9. The van der Waals surface area contributed by atoms with Crippen LogP contribution in [0.5, 0.6) is 0 Å². The predicted octanol–water partition coefficient (Wildman–Crippen LogP) is 23.6. The molecule has 0 radical (unpaired) electrons. The molecule has 6 nitrogen and oxygen atoms in total. The Morgan fingerprint density at radius 2 is 0.481 bits per heavy atom. The summed E-state index contributed by atoms with van der Waals surface area (Å²) in [5.41, 5.74) is 0. The maximum absolute atomic E-state index is 12.9. The Labute approximate surface area is 501 Å².